The predicted octanol–water partition coefficient (Wildman–Crippen LogP) is 1.92. The molecule has 0 bridgehead atoms. The van der Waals surface area contributed by atoms with Crippen molar-refractivity contribution in [2.75, 3.05) is 25.0 Å². The van der Waals surface area contributed by atoms with Gasteiger partial charge in [-0.3, -0.25) is 9.90 Å². The zero-order valence-electron chi connectivity index (χ0n) is 7.04. The molecule has 66 valence electrons. The second-order valence-electron chi connectivity index (χ2n) is 2.35. The molecule has 4 heteroatoms. The van der Waals surface area contributed by atoms with Gasteiger partial charge in [-0.15, -0.1) is 0 Å². The molecule has 1 aromatic rings. The van der Waals surface area contributed by atoms with Crippen molar-refractivity contribution in [3.63, 3.8) is 0 Å². The molecule has 0 fully saturated rings. The molecule has 1 rings (SSSR count). The van der Waals surface area contributed by atoms with Gasteiger partial charge in [0.05, 0.1) is 23.5 Å². The number of nitrogens with zero attached hydrogens (tertiary/aromatic N) is 1. The molecule has 2 N–H and O–H groups in total. The second kappa shape index (κ2) is 3.65. The van der Waals surface area contributed by atoms with Crippen LogP contribution in [0.2, 0.25) is 5.02 Å². The number of benzene rings is 1. The Morgan fingerprint density at radius 3 is 2.75 bits per heavy atom. The van der Waals surface area contributed by atoms with E-state index < -0.39 is 0 Å². The topological polar surface area (TPSA) is 38.5 Å². The van der Waals surface area contributed by atoms with Crippen LogP contribution in [0, 0.1) is 0 Å². The highest BCUT2D eigenvalue weighted by Crippen LogP contribution is 2.28. The monoisotopic (exact) mass is 186 g/mol. The van der Waals surface area contributed by atoms with E-state index in [0.717, 1.165) is 5.69 Å². The first kappa shape index (κ1) is 9.16. The van der Waals surface area contributed by atoms with Gasteiger partial charge in [-0.2, -0.15) is 0 Å². The summed E-state index contributed by atoms with van der Waals surface area (Å²) in [6.45, 7) is 0. The highest BCUT2D eigenvalue weighted by atomic mass is 35.5. The van der Waals surface area contributed by atoms with Gasteiger partial charge < -0.3 is 5.73 Å². The summed E-state index contributed by atoms with van der Waals surface area (Å²) in [6.07, 6.45) is 0. The number of hydrogen-bond acceptors (Lipinski definition) is 3. The Labute approximate surface area is 76.6 Å². The van der Waals surface area contributed by atoms with Crippen LogP contribution >= 0.6 is 11.6 Å². The first-order valence-corrected chi connectivity index (χ1v) is 3.86. The van der Waals surface area contributed by atoms with E-state index >= 15 is 0 Å². The molecule has 1 aromatic carbocycles. The van der Waals surface area contributed by atoms with E-state index in [4.69, 9.17) is 22.2 Å². The lowest BCUT2D eigenvalue weighted by Crippen LogP contribution is -2.16. The quantitative estimate of drug-likeness (QED) is 0.567. The Hall–Kier alpha value is -0.930. The Bertz CT molecular complexity index is 278. The van der Waals surface area contributed by atoms with Gasteiger partial charge in [-0.05, 0) is 12.1 Å². The van der Waals surface area contributed by atoms with Gasteiger partial charge in [0.25, 0.3) is 0 Å². The zero-order valence-corrected chi connectivity index (χ0v) is 7.80. The Morgan fingerprint density at radius 2 is 2.17 bits per heavy atom. The van der Waals surface area contributed by atoms with E-state index in [9.17, 15) is 0 Å². The van der Waals surface area contributed by atoms with Gasteiger partial charge in [0, 0.05) is 7.05 Å². The van der Waals surface area contributed by atoms with E-state index in [2.05, 4.69) is 0 Å². The summed E-state index contributed by atoms with van der Waals surface area (Å²) < 4.78 is 0. The Balaban J connectivity index is 3.07. The van der Waals surface area contributed by atoms with Crippen LogP contribution in [0.15, 0.2) is 18.2 Å². The molecule has 0 saturated heterocycles. The summed E-state index contributed by atoms with van der Waals surface area (Å²) in [5.74, 6) is 0. The molecule has 3 nitrogen and oxygen atoms in total. The highest BCUT2D eigenvalue weighted by molar-refractivity contribution is 6.33. The first-order valence-electron chi connectivity index (χ1n) is 3.48. The summed E-state index contributed by atoms with van der Waals surface area (Å²) in [7, 11) is 3.34. The van der Waals surface area contributed by atoms with Crippen LogP contribution in [0.3, 0.4) is 0 Å². The minimum atomic E-state index is 0.531. The summed E-state index contributed by atoms with van der Waals surface area (Å²) in [4.78, 5) is 4.97. The average molecular weight is 187 g/mol. The summed E-state index contributed by atoms with van der Waals surface area (Å²) in [6, 6.07) is 5.40. The molecule has 0 aliphatic heterocycles. The smallest absolute Gasteiger partial charge is 0.0877 e. The van der Waals surface area contributed by atoms with E-state index in [-0.39, 0.29) is 0 Å². The third kappa shape index (κ3) is 1.62. The molecule has 0 amide bonds. The molecule has 12 heavy (non-hydrogen) atoms. The van der Waals surface area contributed by atoms with Crippen LogP contribution in [-0.2, 0) is 4.84 Å². The van der Waals surface area contributed by atoms with E-state index in [0.29, 0.717) is 10.7 Å². The van der Waals surface area contributed by atoms with Crippen LogP contribution in [0.1, 0.15) is 0 Å². The van der Waals surface area contributed by atoms with Crippen LogP contribution in [-0.4, -0.2) is 14.2 Å². The minimum absolute atomic E-state index is 0.531. The van der Waals surface area contributed by atoms with Crippen molar-refractivity contribution in [1.29, 1.82) is 0 Å². The number of rotatable bonds is 2. The third-order valence-corrected chi connectivity index (χ3v) is 1.97. The second-order valence-corrected chi connectivity index (χ2v) is 2.76. The fraction of sp³-hybridized carbons (Fsp3) is 0.250. The molecule has 0 aliphatic carbocycles. The Kier molecular flexibility index (Phi) is 2.78. The zero-order chi connectivity index (χ0) is 9.14. The van der Waals surface area contributed by atoms with Gasteiger partial charge in [0.2, 0.25) is 0 Å². The molecular weight excluding hydrogens is 176 g/mol. The van der Waals surface area contributed by atoms with Crippen LogP contribution in [0.5, 0.6) is 0 Å². The highest BCUT2D eigenvalue weighted by Gasteiger charge is 2.06. The van der Waals surface area contributed by atoms with Gasteiger partial charge in [0.15, 0.2) is 0 Å². The standard InChI is InChI=1S/C8H11ClN2O/c1-11(12-2)7-5-3-4-6(9)8(7)10/h3-5H,10H2,1-2H3. The molecular formula is C8H11ClN2O. The van der Waals surface area contributed by atoms with Gasteiger partial charge in [-0.1, -0.05) is 17.7 Å². The summed E-state index contributed by atoms with van der Waals surface area (Å²) in [5, 5.41) is 2.10. The van der Waals surface area contributed by atoms with Gasteiger partial charge in [0.1, 0.15) is 0 Å². The molecule has 0 saturated carbocycles. The summed E-state index contributed by atoms with van der Waals surface area (Å²) >= 11 is 5.81. The molecule has 0 unspecified atom stereocenters. The largest absolute Gasteiger partial charge is 0.396 e. The lowest BCUT2D eigenvalue weighted by atomic mass is 10.3. The lowest BCUT2D eigenvalue weighted by molar-refractivity contribution is 0.185. The van der Waals surface area contributed by atoms with Crippen LogP contribution in [0.25, 0.3) is 0 Å². The number of halogens is 1. The number of hydroxylamine groups is 1. The van der Waals surface area contributed by atoms with Crippen molar-refractivity contribution in [1.82, 2.24) is 0 Å². The fourth-order valence-electron chi connectivity index (χ4n) is 0.899. The number of anilines is 2. The number of para-hydroxylation sites is 1. The fourth-order valence-corrected chi connectivity index (χ4v) is 1.07. The Morgan fingerprint density at radius 1 is 1.50 bits per heavy atom. The minimum Gasteiger partial charge on any atom is -0.396 e. The predicted molar refractivity (Wildman–Crippen MR) is 51.3 cm³/mol. The molecule has 0 radical (unpaired) electrons. The van der Waals surface area contributed by atoms with Crippen LogP contribution in [0.4, 0.5) is 11.4 Å². The van der Waals surface area contributed by atoms with Crippen molar-refractivity contribution in [3.05, 3.63) is 23.2 Å². The van der Waals surface area contributed by atoms with E-state index in [1.54, 1.807) is 25.3 Å². The molecule has 0 spiro atoms. The molecule has 0 aliphatic rings. The number of hydrogen-bond donors (Lipinski definition) is 1. The summed E-state index contributed by atoms with van der Waals surface area (Å²) in [5.41, 5.74) is 7.01. The molecule has 0 atom stereocenters. The molecule has 0 heterocycles. The number of nitrogens with two attached hydrogens (primary N) is 1. The normalized spacial score (nSPS) is 9.92. The maximum atomic E-state index is 5.81. The maximum Gasteiger partial charge on any atom is 0.0877 e. The maximum absolute atomic E-state index is 5.81. The van der Waals surface area contributed by atoms with Crippen molar-refractivity contribution in [3.8, 4) is 0 Å². The van der Waals surface area contributed by atoms with Crippen molar-refractivity contribution in [2.24, 2.45) is 0 Å². The van der Waals surface area contributed by atoms with Gasteiger partial charge in [-0.25, -0.2) is 0 Å². The van der Waals surface area contributed by atoms with E-state index in [1.807, 2.05) is 12.1 Å². The third-order valence-electron chi connectivity index (χ3n) is 1.64. The SMILES string of the molecule is CON(C)c1cccc(Cl)c1N. The van der Waals surface area contributed by atoms with E-state index in [1.165, 1.54) is 0 Å². The average Bonchev–Trinajstić information content (AvgIpc) is 2.08. The van der Waals surface area contributed by atoms with Crippen molar-refractivity contribution >= 4 is 23.0 Å². The van der Waals surface area contributed by atoms with Crippen molar-refractivity contribution < 1.29 is 4.84 Å². The van der Waals surface area contributed by atoms with Crippen LogP contribution < -0.4 is 10.8 Å². The lowest BCUT2D eigenvalue weighted by Gasteiger charge is -2.18. The number of nitrogen functional groups attached to an aromatic ring is 1. The van der Waals surface area contributed by atoms with Gasteiger partial charge >= 0.3 is 0 Å². The van der Waals surface area contributed by atoms with Crippen molar-refractivity contribution in [2.45, 2.75) is 0 Å². The molecule has 0 aromatic heterocycles. The first-order chi connectivity index (χ1) is 5.66.